The van der Waals surface area contributed by atoms with Crippen molar-refractivity contribution in [3.05, 3.63) is 88.1 Å². The zero-order valence-electron chi connectivity index (χ0n) is 16.0. The highest BCUT2D eigenvalue weighted by Crippen LogP contribution is 2.36. The van der Waals surface area contributed by atoms with Crippen LogP contribution in [0.5, 0.6) is 0 Å². The summed E-state index contributed by atoms with van der Waals surface area (Å²) in [5.74, 6) is -0.0680. The maximum absolute atomic E-state index is 13.0. The van der Waals surface area contributed by atoms with Gasteiger partial charge in [0.05, 0.1) is 10.6 Å². The van der Waals surface area contributed by atoms with Gasteiger partial charge in [-0.05, 0) is 68.3 Å². The molecule has 2 heterocycles. The molecule has 0 bridgehead atoms. The Hall–Kier alpha value is -2.63. The monoisotopic (exact) mass is 404 g/mol. The van der Waals surface area contributed by atoms with Crippen molar-refractivity contribution in [3.8, 4) is 5.69 Å². The first kappa shape index (κ1) is 18.7. The van der Waals surface area contributed by atoms with Crippen molar-refractivity contribution >= 4 is 46.0 Å². The van der Waals surface area contributed by atoms with E-state index in [1.165, 1.54) is 17.3 Å². The molecule has 0 unspecified atom stereocenters. The van der Waals surface area contributed by atoms with E-state index >= 15 is 0 Å². The lowest BCUT2D eigenvalue weighted by Gasteiger charge is -2.13. The Balaban J connectivity index is 1.72. The van der Waals surface area contributed by atoms with Crippen LogP contribution in [0.4, 0.5) is 5.69 Å². The molecule has 1 fully saturated rings. The van der Waals surface area contributed by atoms with Crippen molar-refractivity contribution in [1.29, 1.82) is 0 Å². The molecule has 0 saturated carbocycles. The molecule has 0 radical (unpaired) electrons. The molecule has 1 amide bonds. The minimum absolute atomic E-state index is 0.0680. The molecule has 3 aromatic rings. The fraction of sp³-hybridized carbons (Fsp3) is 0.130. The van der Waals surface area contributed by atoms with Crippen molar-refractivity contribution in [3.63, 3.8) is 0 Å². The lowest BCUT2D eigenvalue weighted by Crippen LogP contribution is -2.27. The summed E-state index contributed by atoms with van der Waals surface area (Å²) in [6.07, 6.45) is 1.96. The second kappa shape index (κ2) is 7.41. The van der Waals surface area contributed by atoms with Crippen LogP contribution >= 0.6 is 24.0 Å². The number of rotatable bonds is 3. The van der Waals surface area contributed by atoms with E-state index in [-0.39, 0.29) is 5.91 Å². The van der Waals surface area contributed by atoms with Gasteiger partial charge in [0.2, 0.25) is 0 Å². The fourth-order valence-electron chi connectivity index (χ4n) is 3.51. The molecule has 3 nitrogen and oxygen atoms in total. The third-order valence-corrected chi connectivity index (χ3v) is 6.13. The molecule has 5 heteroatoms. The predicted octanol–water partition coefficient (Wildman–Crippen LogP) is 5.81. The van der Waals surface area contributed by atoms with Crippen molar-refractivity contribution in [1.82, 2.24) is 4.57 Å². The Morgan fingerprint density at radius 1 is 0.929 bits per heavy atom. The summed E-state index contributed by atoms with van der Waals surface area (Å²) in [5, 5.41) is 0. The van der Waals surface area contributed by atoms with Crippen LogP contribution in [0.3, 0.4) is 0 Å². The SMILES string of the molecule is Cc1cccc(-n2c(C)cc(/C=C3/SC(=S)N(c4ccccc4)C3=O)c2C)c1. The van der Waals surface area contributed by atoms with E-state index in [1.807, 2.05) is 36.4 Å². The van der Waals surface area contributed by atoms with Crippen molar-refractivity contribution in [2.45, 2.75) is 20.8 Å². The third-order valence-electron chi connectivity index (χ3n) is 4.82. The summed E-state index contributed by atoms with van der Waals surface area (Å²) in [7, 11) is 0. The Morgan fingerprint density at radius 3 is 2.36 bits per heavy atom. The molecular formula is C23H20N2OS2. The first-order chi connectivity index (χ1) is 13.5. The van der Waals surface area contributed by atoms with E-state index in [1.54, 1.807) is 4.90 Å². The molecular weight excluding hydrogens is 384 g/mol. The van der Waals surface area contributed by atoms with Crippen LogP contribution in [0.1, 0.15) is 22.5 Å². The molecule has 2 aromatic carbocycles. The Morgan fingerprint density at radius 2 is 1.64 bits per heavy atom. The second-order valence-electron chi connectivity index (χ2n) is 6.85. The molecule has 0 aliphatic carbocycles. The molecule has 140 valence electrons. The highest BCUT2D eigenvalue weighted by Gasteiger charge is 2.33. The zero-order chi connectivity index (χ0) is 19.8. The summed E-state index contributed by atoms with van der Waals surface area (Å²) in [5.41, 5.74) is 6.42. The van der Waals surface area contributed by atoms with E-state index in [0.717, 1.165) is 28.3 Å². The van der Waals surface area contributed by atoms with Gasteiger partial charge in [-0.15, -0.1) is 0 Å². The van der Waals surface area contributed by atoms with Gasteiger partial charge < -0.3 is 4.57 Å². The number of thiocarbonyl (C=S) groups is 1. The standard InChI is InChI=1S/C23H20N2OS2/c1-15-8-7-11-20(12-15)24-16(2)13-18(17(24)3)14-21-22(26)25(23(27)28-21)19-9-5-4-6-10-19/h4-14H,1-3H3/b21-14+. The molecule has 0 spiro atoms. The molecule has 28 heavy (non-hydrogen) atoms. The van der Waals surface area contributed by atoms with Crippen LogP contribution < -0.4 is 4.90 Å². The minimum atomic E-state index is -0.0680. The van der Waals surface area contributed by atoms with Crippen LogP contribution in [0.25, 0.3) is 11.8 Å². The number of anilines is 1. The summed E-state index contributed by atoms with van der Waals surface area (Å²) in [6, 6.07) is 20.1. The number of aryl methyl sites for hydroxylation is 2. The Bertz CT molecular complexity index is 1110. The first-order valence-electron chi connectivity index (χ1n) is 9.04. The van der Waals surface area contributed by atoms with Gasteiger partial charge in [0, 0.05) is 17.1 Å². The maximum Gasteiger partial charge on any atom is 0.270 e. The van der Waals surface area contributed by atoms with Gasteiger partial charge in [-0.3, -0.25) is 9.69 Å². The van der Waals surface area contributed by atoms with Crippen molar-refractivity contribution in [2.24, 2.45) is 0 Å². The van der Waals surface area contributed by atoms with Crippen LogP contribution in [0.15, 0.2) is 65.6 Å². The maximum atomic E-state index is 13.0. The first-order valence-corrected chi connectivity index (χ1v) is 10.3. The molecule has 1 aliphatic heterocycles. The van der Waals surface area contributed by atoms with Crippen LogP contribution in [-0.2, 0) is 4.79 Å². The predicted molar refractivity (Wildman–Crippen MR) is 122 cm³/mol. The van der Waals surface area contributed by atoms with Crippen LogP contribution in [0, 0.1) is 20.8 Å². The molecule has 1 saturated heterocycles. The van der Waals surface area contributed by atoms with E-state index in [0.29, 0.717) is 9.23 Å². The van der Waals surface area contributed by atoms with E-state index in [4.69, 9.17) is 12.2 Å². The number of amides is 1. The van der Waals surface area contributed by atoms with Gasteiger partial charge in [0.15, 0.2) is 4.32 Å². The number of carbonyl (C=O) groups excluding carboxylic acids is 1. The number of hydrogen-bond donors (Lipinski definition) is 0. The van der Waals surface area contributed by atoms with Crippen LogP contribution in [0.2, 0.25) is 0 Å². The topological polar surface area (TPSA) is 25.2 Å². The number of para-hydroxylation sites is 1. The lowest BCUT2D eigenvalue weighted by molar-refractivity contribution is -0.113. The van der Waals surface area contributed by atoms with Gasteiger partial charge in [-0.1, -0.05) is 54.3 Å². The highest BCUT2D eigenvalue weighted by atomic mass is 32.2. The van der Waals surface area contributed by atoms with Crippen molar-refractivity contribution < 1.29 is 4.79 Å². The Kier molecular flexibility index (Phi) is 4.96. The number of benzene rings is 2. The normalized spacial score (nSPS) is 15.7. The molecule has 0 atom stereocenters. The van der Waals surface area contributed by atoms with Gasteiger partial charge in [-0.2, -0.15) is 0 Å². The summed E-state index contributed by atoms with van der Waals surface area (Å²) < 4.78 is 2.78. The van der Waals surface area contributed by atoms with Gasteiger partial charge in [0.25, 0.3) is 5.91 Å². The number of thioether (sulfide) groups is 1. The summed E-state index contributed by atoms with van der Waals surface area (Å²) >= 11 is 6.82. The number of nitrogens with zero attached hydrogens (tertiary/aromatic N) is 2. The smallest absolute Gasteiger partial charge is 0.270 e. The second-order valence-corrected chi connectivity index (χ2v) is 8.53. The zero-order valence-corrected chi connectivity index (χ0v) is 17.6. The average Bonchev–Trinajstić information content (AvgIpc) is 3.11. The number of aromatic nitrogens is 1. The molecule has 1 aromatic heterocycles. The molecule has 1 aliphatic rings. The van der Waals surface area contributed by atoms with E-state index in [2.05, 4.69) is 55.7 Å². The van der Waals surface area contributed by atoms with Crippen molar-refractivity contribution in [2.75, 3.05) is 4.90 Å². The lowest BCUT2D eigenvalue weighted by atomic mass is 10.2. The molecule has 4 rings (SSSR count). The number of carbonyl (C=O) groups is 1. The molecule has 0 N–H and O–H groups in total. The average molecular weight is 405 g/mol. The van der Waals surface area contributed by atoms with E-state index < -0.39 is 0 Å². The summed E-state index contributed by atoms with van der Waals surface area (Å²) in [4.78, 5) is 15.2. The fourth-order valence-corrected chi connectivity index (χ4v) is 4.80. The van der Waals surface area contributed by atoms with Gasteiger partial charge >= 0.3 is 0 Å². The van der Waals surface area contributed by atoms with Crippen LogP contribution in [-0.4, -0.2) is 14.8 Å². The number of hydrogen-bond acceptors (Lipinski definition) is 3. The van der Waals surface area contributed by atoms with Gasteiger partial charge in [0.1, 0.15) is 0 Å². The minimum Gasteiger partial charge on any atom is -0.318 e. The van der Waals surface area contributed by atoms with Gasteiger partial charge in [-0.25, -0.2) is 0 Å². The Labute approximate surface area is 174 Å². The quantitative estimate of drug-likeness (QED) is 0.407. The summed E-state index contributed by atoms with van der Waals surface area (Å²) in [6.45, 7) is 6.26. The van der Waals surface area contributed by atoms with E-state index in [9.17, 15) is 4.79 Å². The third kappa shape index (κ3) is 3.32. The highest BCUT2D eigenvalue weighted by molar-refractivity contribution is 8.27. The largest absolute Gasteiger partial charge is 0.318 e.